The fourth-order valence-corrected chi connectivity index (χ4v) is 4.26. The van der Waals surface area contributed by atoms with Crippen LogP contribution < -0.4 is 10.9 Å². The minimum absolute atomic E-state index is 0.0371. The first kappa shape index (κ1) is 23.0. The van der Waals surface area contributed by atoms with Crippen LogP contribution in [0.15, 0.2) is 58.5 Å². The molecule has 1 heterocycles. The van der Waals surface area contributed by atoms with Crippen LogP contribution in [0.1, 0.15) is 45.4 Å². The number of hydrogen-bond acceptors (Lipinski definition) is 4. The second kappa shape index (κ2) is 11.6. The largest absolute Gasteiger partial charge is 0.356 e. The topological polar surface area (TPSA) is 64.0 Å². The summed E-state index contributed by atoms with van der Waals surface area (Å²) in [6, 6.07) is 13.2. The highest BCUT2D eigenvalue weighted by molar-refractivity contribution is 7.99. The van der Waals surface area contributed by atoms with Gasteiger partial charge in [0.25, 0.3) is 5.56 Å². The van der Waals surface area contributed by atoms with E-state index in [-0.39, 0.29) is 17.2 Å². The summed E-state index contributed by atoms with van der Waals surface area (Å²) in [7, 11) is 0. The SMILES string of the molecule is CCCCCCNC(=O)CCCSc1nc2ccccc2c(=O)n1-c1ccccc1F. The minimum Gasteiger partial charge on any atom is -0.356 e. The van der Waals surface area contributed by atoms with Gasteiger partial charge in [0.05, 0.1) is 16.6 Å². The molecule has 0 saturated carbocycles. The number of amides is 1. The molecule has 0 aliphatic rings. The van der Waals surface area contributed by atoms with Gasteiger partial charge in [-0.15, -0.1) is 0 Å². The van der Waals surface area contributed by atoms with Gasteiger partial charge in [-0.05, 0) is 37.1 Å². The van der Waals surface area contributed by atoms with Gasteiger partial charge < -0.3 is 5.32 Å². The molecule has 1 amide bonds. The van der Waals surface area contributed by atoms with E-state index in [1.165, 1.54) is 35.2 Å². The van der Waals surface area contributed by atoms with Crippen molar-refractivity contribution in [3.8, 4) is 5.69 Å². The third-order valence-corrected chi connectivity index (χ3v) is 5.99. The lowest BCUT2D eigenvalue weighted by Gasteiger charge is -2.13. The number of hydrogen-bond donors (Lipinski definition) is 1. The molecule has 2 aromatic carbocycles. The van der Waals surface area contributed by atoms with Gasteiger partial charge in [0.1, 0.15) is 5.82 Å². The van der Waals surface area contributed by atoms with E-state index in [0.29, 0.717) is 41.2 Å². The lowest BCUT2D eigenvalue weighted by atomic mass is 10.2. The third-order valence-electron chi connectivity index (χ3n) is 4.97. The Hall–Kier alpha value is -2.67. The van der Waals surface area contributed by atoms with Crippen molar-refractivity contribution in [3.05, 3.63) is 64.7 Å². The highest BCUT2D eigenvalue weighted by Crippen LogP contribution is 2.23. The smallest absolute Gasteiger partial charge is 0.266 e. The summed E-state index contributed by atoms with van der Waals surface area (Å²) in [5, 5.41) is 3.82. The van der Waals surface area contributed by atoms with E-state index < -0.39 is 5.82 Å². The summed E-state index contributed by atoms with van der Waals surface area (Å²) < 4.78 is 15.8. The Labute approximate surface area is 186 Å². The quantitative estimate of drug-likeness (QED) is 0.256. The summed E-state index contributed by atoms with van der Waals surface area (Å²) in [6.07, 6.45) is 5.56. The van der Waals surface area contributed by atoms with Crippen molar-refractivity contribution < 1.29 is 9.18 Å². The molecule has 1 aromatic heterocycles. The van der Waals surface area contributed by atoms with E-state index in [1.807, 2.05) is 6.07 Å². The second-order valence-electron chi connectivity index (χ2n) is 7.37. The van der Waals surface area contributed by atoms with E-state index in [9.17, 15) is 14.0 Å². The molecule has 0 fully saturated rings. The van der Waals surface area contributed by atoms with Crippen LogP contribution in [0, 0.1) is 5.82 Å². The van der Waals surface area contributed by atoms with Gasteiger partial charge in [0.15, 0.2) is 5.16 Å². The highest BCUT2D eigenvalue weighted by Gasteiger charge is 2.15. The molecular weight excluding hydrogens is 413 g/mol. The number of rotatable bonds is 11. The molecule has 164 valence electrons. The first-order valence-electron chi connectivity index (χ1n) is 10.8. The van der Waals surface area contributed by atoms with Crippen LogP contribution in [0.4, 0.5) is 4.39 Å². The van der Waals surface area contributed by atoms with Crippen molar-refractivity contribution in [3.63, 3.8) is 0 Å². The third kappa shape index (κ3) is 6.17. The molecule has 3 rings (SSSR count). The van der Waals surface area contributed by atoms with E-state index in [1.54, 1.807) is 36.4 Å². The number of fused-ring (bicyclic) bond motifs is 1. The Kier molecular flexibility index (Phi) is 8.64. The summed E-state index contributed by atoms with van der Waals surface area (Å²) in [5.41, 5.74) is 0.452. The monoisotopic (exact) mass is 441 g/mol. The van der Waals surface area contributed by atoms with Gasteiger partial charge in [-0.25, -0.2) is 9.37 Å². The number of nitrogens with one attached hydrogen (secondary N) is 1. The second-order valence-corrected chi connectivity index (χ2v) is 8.43. The van der Waals surface area contributed by atoms with Crippen molar-refractivity contribution in [2.24, 2.45) is 0 Å². The van der Waals surface area contributed by atoms with Crippen molar-refractivity contribution in [2.75, 3.05) is 12.3 Å². The van der Waals surface area contributed by atoms with Gasteiger partial charge in [-0.3, -0.25) is 14.2 Å². The fraction of sp³-hybridized carbons (Fsp3) is 0.375. The number of aromatic nitrogens is 2. The van der Waals surface area contributed by atoms with Crippen molar-refractivity contribution >= 4 is 28.6 Å². The predicted molar refractivity (Wildman–Crippen MR) is 124 cm³/mol. The number of benzene rings is 2. The van der Waals surface area contributed by atoms with E-state index in [0.717, 1.165) is 12.8 Å². The molecule has 0 unspecified atom stereocenters. The number of nitrogens with zero attached hydrogens (tertiary/aromatic N) is 2. The number of thioether (sulfide) groups is 1. The standard InChI is InChI=1S/C24H28FN3O2S/c1-2-3-4-9-16-26-22(29)15-10-17-31-24-27-20-13-7-5-11-18(20)23(30)28(24)21-14-8-6-12-19(21)25/h5-8,11-14H,2-4,9-10,15-17H2,1H3,(H,26,29). The Morgan fingerprint density at radius 2 is 1.84 bits per heavy atom. The van der Waals surface area contributed by atoms with Crippen molar-refractivity contribution in [2.45, 2.75) is 50.6 Å². The Bertz CT molecular complexity index is 1080. The lowest BCUT2D eigenvalue weighted by Crippen LogP contribution is -2.24. The van der Waals surface area contributed by atoms with Crippen molar-refractivity contribution in [1.82, 2.24) is 14.9 Å². The molecule has 0 spiro atoms. The van der Waals surface area contributed by atoms with Gasteiger partial charge in [0, 0.05) is 18.7 Å². The first-order valence-corrected chi connectivity index (χ1v) is 11.8. The Morgan fingerprint density at radius 1 is 1.06 bits per heavy atom. The number of carbonyl (C=O) groups excluding carboxylic acids is 1. The van der Waals surface area contributed by atoms with Gasteiger partial charge in [-0.2, -0.15) is 0 Å². The Morgan fingerprint density at radius 3 is 2.65 bits per heavy atom. The summed E-state index contributed by atoms with van der Waals surface area (Å²) in [6.45, 7) is 2.87. The lowest BCUT2D eigenvalue weighted by molar-refractivity contribution is -0.121. The Balaban J connectivity index is 1.69. The molecule has 0 bridgehead atoms. The number of carbonyl (C=O) groups is 1. The maximum absolute atomic E-state index is 14.5. The molecular formula is C24H28FN3O2S. The first-order chi connectivity index (χ1) is 15.1. The normalized spacial score (nSPS) is 11.0. The zero-order valence-corrected chi connectivity index (χ0v) is 18.6. The van der Waals surface area contributed by atoms with E-state index in [4.69, 9.17) is 0 Å². The average molecular weight is 442 g/mol. The summed E-state index contributed by atoms with van der Waals surface area (Å²) in [4.78, 5) is 29.7. The van der Waals surface area contributed by atoms with Crippen LogP contribution in [0.3, 0.4) is 0 Å². The van der Waals surface area contributed by atoms with Crippen LogP contribution in [0.5, 0.6) is 0 Å². The molecule has 0 aliphatic heterocycles. The molecule has 0 saturated heterocycles. The van der Waals surface area contributed by atoms with Crippen LogP contribution in [0.25, 0.3) is 16.6 Å². The molecule has 5 nitrogen and oxygen atoms in total. The van der Waals surface area contributed by atoms with Gasteiger partial charge in [-0.1, -0.05) is 62.2 Å². The number of para-hydroxylation sites is 2. The van der Waals surface area contributed by atoms with E-state index in [2.05, 4.69) is 17.2 Å². The van der Waals surface area contributed by atoms with E-state index >= 15 is 0 Å². The number of unbranched alkanes of at least 4 members (excludes halogenated alkanes) is 3. The molecule has 7 heteroatoms. The van der Waals surface area contributed by atoms with Crippen LogP contribution >= 0.6 is 11.8 Å². The molecule has 0 atom stereocenters. The predicted octanol–water partition coefficient (Wildman–Crippen LogP) is 5.09. The summed E-state index contributed by atoms with van der Waals surface area (Å²) in [5.74, 6) is 0.156. The molecule has 31 heavy (non-hydrogen) atoms. The molecule has 0 aliphatic carbocycles. The van der Waals surface area contributed by atoms with Crippen LogP contribution in [-0.2, 0) is 4.79 Å². The minimum atomic E-state index is -0.481. The molecule has 0 radical (unpaired) electrons. The maximum atomic E-state index is 14.5. The maximum Gasteiger partial charge on any atom is 0.266 e. The fourth-order valence-electron chi connectivity index (χ4n) is 3.32. The van der Waals surface area contributed by atoms with Crippen LogP contribution in [-0.4, -0.2) is 27.8 Å². The van der Waals surface area contributed by atoms with Crippen LogP contribution in [0.2, 0.25) is 0 Å². The zero-order chi connectivity index (χ0) is 22.1. The molecule has 3 aromatic rings. The zero-order valence-electron chi connectivity index (χ0n) is 17.8. The molecule has 1 N–H and O–H groups in total. The van der Waals surface area contributed by atoms with Gasteiger partial charge >= 0.3 is 0 Å². The van der Waals surface area contributed by atoms with Crippen molar-refractivity contribution in [1.29, 1.82) is 0 Å². The highest BCUT2D eigenvalue weighted by atomic mass is 32.2. The summed E-state index contributed by atoms with van der Waals surface area (Å²) >= 11 is 1.36. The number of halogens is 1. The van der Waals surface area contributed by atoms with Gasteiger partial charge in [0.2, 0.25) is 5.91 Å². The average Bonchev–Trinajstić information content (AvgIpc) is 2.77.